The van der Waals surface area contributed by atoms with E-state index in [4.69, 9.17) is 9.47 Å². The summed E-state index contributed by atoms with van der Waals surface area (Å²) in [6, 6.07) is 7.98. The Morgan fingerprint density at radius 2 is 2.08 bits per heavy atom. The lowest BCUT2D eigenvalue weighted by Gasteiger charge is -2.25. The molecule has 1 aliphatic heterocycles. The summed E-state index contributed by atoms with van der Waals surface area (Å²) in [4.78, 5) is 36.4. The molecule has 0 spiro atoms. The van der Waals surface area contributed by atoms with Crippen molar-refractivity contribution in [3.63, 3.8) is 0 Å². The zero-order valence-electron chi connectivity index (χ0n) is 14.6. The third kappa shape index (κ3) is 4.68. The Balaban J connectivity index is 2.14. The maximum absolute atomic E-state index is 12.2. The number of hydrogen-bond donors (Lipinski definition) is 2. The smallest absolute Gasteiger partial charge is 0.338 e. The molecule has 8 nitrogen and oxygen atoms in total. The van der Waals surface area contributed by atoms with Gasteiger partial charge in [-0.3, -0.25) is 9.69 Å². The monoisotopic (exact) mass is 362 g/mol. The van der Waals surface area contributed by atoms with Crippen molar-refractivity contribution < 1.29 is 29.0 Å². The zero-order chi connectivity index (χ0) is 19.1. The third-order valence-electron chi connectivity index (χ3n) is 3.92. The molecule has 3 unspecified atom stereocenters. The van der Waals surface area contributed by atoms with E-state index in [1.54, 1.807) is 37.3 Å². The first-order valence-electron chi connectivity index (χ1n) is 8.16. The molecule has 1 aromatic carbocycles. The quantitative estimate of drug-likeness (QED) is 0.445. The molecule has 0 aromatic heterocycles. The van der Waals surface area contributed by atoms with E-state index in [0.717, 1.165) is 0 Å². The van der Waals surface area contributed by atoms with Crippen molar-refractivity contribution in [3.8, 4) is 0 Å². The molecule has 1 heterocycles. The van der Waals surface area contributed by atoms with Crippen molar-refractivity contribution in [2.24, 2.45) is 0 Å². The fourth-order valence-electron chi connectivity index (χ4n) is 2.59. The Hall–Kier alpha value is -2.71. The van der Waals surface area contributed by atoms with Gasteiger partial charge >= 0.3 is 12.0 Å². The van der Waals surface area contributed by atoms with Gasteiger partial charge in [0.15, 0.2) is 0 Å². The number of urea groups is 1. The van der Waals surface area contributed by atoms with Gasteiger partial charge in [0.05, 0.1) is 12.2 Å². The van der Waals surface area contributed by atoms with Gasteiger partial charge < -0.3 is 19.9 Å². The molecule has 2 N–H and O–H groups in total. The van der Waals surface area contributed by atoms with Gasteiger partial charge in [0.1, 0.15) is 24.7 Å². The van der Waals surface area contributed by atoms with Crippen LogP contribution in [0.25, 0.3) is 0 Å². The molecular formula is C18H22N2O6. The van der Waals surface area contributed by atoms with Crippen LogP contribution in [-0.2, 0) is 14.3 Å². The van der Waals surface area contributed by atoms with Crippen LogP contribution in [0.2, 0.25) is 0 Å². The number of nitrogens with one attached hydrogen (secondary N) is 1. The van der Waals surface area contributed by atoms with Crippen LogP contribution in [0.15, 0.2) is 42.1 Å². The van der Waals surface area contributed by atoms with E-state index in [2.05, 4.69) is 5.32 Å². The molecule has 0 radical (unpaired) electrons. The second-order valence-electron chi connectivity index (χ2n) is 5.81. The van der Waals surface area contributed by atoms with Crippen LogP contribution in [-0.4, -0.2) is 60.4 Å². The predicted octanol–water partition coefficient (Wildman–Crippen LogP) is 1.06. The molecule has 1 fully saturated rings. The van der Waals surface area contributed by atoms with E-state index in [-0.39, 0.29) is 13.0 Å². The van der Waals surface area contributed by atoms with Crippen molar-refractivity contribution >= 4 is 18.3 Å². The number of nitrogens with zero attached hydrogens (tertiary/aromatic N) is 1. The molecule has 0 bridgehead atoms. The lowest BCUT2D eigenvalue weighted by atomic mass is 10.1. The highest BCUT2D eigenvalue weighted by atomic mass is 16.6. The number of benzene rings is 1. The number of carbonyl (C=O) groups is 3. The number of allylic oxidation sites excluding steroid dienone is 1. The molecule has 1 saturated heterocycles. The second kappa shape index (κ2) is 9.12. The van der Waals surface area contributed by atoms with Gasteiger partial charge in [-0.2, -0.15) is 0 Å². The molecule has 1 aliphatic rings. The van der Waals surface area contributed by atoms with E-state index < -0.39 is 30.4 Å². The van der Waals surface area contributed by atoms with Crippen LogP contribution in [0.1, 0.15) is 23.7 Å². The minimum atomic E-state index is -0.782. The summed E-state index contributed by atoms with van der Waals surface area (Å²) in [5.41, 5.74) is 0.704. The number of ether oxygens (including phenoxy) is 2. The number of carbonyl (C=O) groups excluding carboxylic acids is 3. The number of esters is 1. The largest absolute Gasteiger partial charge is 0.456 e. The van der Waals surface area contributed by atoms with Crippen LogP contribution in [0.5, 0.6) is 0 Å². The fraction of sp³-hybridized carbons (Fsp3) is 0.389. The minimum Gasteiger partial charge on any atom is -0.456 e. The standard InChI is InChI=1S/C18H22N2O6/c1-12(10-21)9-20(18(24)19-2)16-8-14(15(11-22)25-16)26-17(23)13-6-4-3-5-7-13/h3-7,9-10,14-16,22H,8,11H2,1-2H3,(H,19,24)/b12-9-. The highest BCUT2D eigenvalue weighted by molar-refractivity contribution is 5.89. The highest BCUT2D eigenvalue weighted by Gasteiger charge is 2.41. The van der Waals surface area contributed by atoms with Crippen molar-refractivity contribution in [1.29, 1.82) is 0 Å². The van der Waals surface area contributed by atoms with Crippen LogP contribution in [0.4, 0.5) is 4.79 Å². The van der Waals surface area contributed by atoms with E-state index in [0.29, 0.717) is 17.4 Å². The summed E-state index contributed by atoms with van der Waals surface area (Å²) >= 11 is 0. The maximum atomic E-state index is 12.2. The zero-order valence-corrected chi connectivity index (χ0v) is 14.6. The number of hydrogen-bond acceptors (Lipinski definition) is 6. The van der Waals surface area contributed by atoms with Crippen molar-refractivity contribution in [3.05, 3.63) is 47.7 Å². The van der Waals surface area contributed by atoms with Crippen molar-refractivity contribution in [2.75, 3.05) is 13.7 Å². The van der Waals surface area contributed by atoms with E-state index in [9.17, 15) is 19.5 Å². The number of aliphatic hydroxyl groups is 1. The van der Waals surface area contributed by atoms with Gasteiger partial charge in [-0.1, -0.05) is 18.2 Å². The first-order chi connectivity index (χ1) is 12.5. The van der Waals surface area contributed by atoms with Crippen LogP contribution >= 0.6 is 0 Å². The number of amides is 2. The third-order valence-corrected chi connectivity index (χ3v) is 3.92. The molecule has 2 rings (SSSR count). The molecule has 0 aliphatic carbocycles. The first-order valence-corrected chi connectivity index (χ1v) is 8.16. The maximum Gasteiger partial charge on any atom is 0.338 e. The Morgan fingerprint density at radius 3 is 2.65 bits per heavy atom. The molecule has 0 saturated carbocycles. The van der Waals surface area contributed by atoms with E-state index >= 15 is 0 Å². The fourth-order valence-corrected chi connectivity index (χ4v) is 2.59. The Morgan fingerprint density at radius 1 is 1.38 bits per heavy atom. The molecular weight excluding hydrogens is 340 g/mol. The molecule has 3 atom stereocenters. The van der Waals surface area contributed by atoms with Crippen LogP contribution < -0.4 is 5.32 Å². The van der Waals surface area contributed by atoms with Crippen LogP contribution in [0, 0.1) is 0 Å². The number of rotatable bonds is 6. The number of aldehydes is 1. The van der Waals surface area contributed by atoms with Crippen LogP contribution in [0.3, 0.4) is 0 Å². The van der Waals surface area contributed by atoms with Gasteiger partial charge in [0, 0.05) is 25.2 Å². The molecule has 8 heteroatoms. The lowest BCUT2D eigenvalue weighted by Crippen LogP contribution is -2.42. The first kappa shape index (κ1) is 19.6. The molecule has 2 amide bonds. The lowest BCUT2D eigenvalue weighted by molar-refractivity contribution is -0.105. The van der Waals surface area contributed by atoms with Crippen molar-refractivity contribution in [1.82, 2.24) is 10.2 Å². The van der Waals surface area contributed by atoms with Gasteiger partial charge in [0.25, 0.3) is 0 Å². The minimum absolute atomic E-state index is 0.167. The summed E-state index contributed by atoms with van der Waals surface area (Å²) in [5.74, 6) is -0.538. The Kier molecular flexibility index (Phi) is 6.88. The summed E-state index contributed by atoms with van der Waals surface area (Å²) in [5, 5.41) is 12.0. The van der Waals surface area contributed by atoms with Gasteiger partial charge in [0.2, 0.25) is 0 Å². The average molecular weight is 362 g/mol. The SMILES string of the molecule is CNC(=O)N(/C=C(/C)C=O)C1CC(OC(=O)c2ccccc2)C(CO)O1. The average Bonchev–Trinajstić information content (AvgIpc) is 3.08. The Labute approximate surface area is 151 Å². The summed E-state index contributed by atoms with van der Waals surface area (Å²) in [6.45, 7) is 1.18. The number of aliphatic hydroxyl groups excluding tert-OH is 1. The normalized spacial score (nSPS) is 22.6. The van der Waals surface area contributed by atoms with E-state index in [1.807, 2.05) is 0 Å². The van der Waals surface area contributed by atoms with E-state index in [1.165, 1.54) is 18.1 Å². The molecule has 26 heavy (non-hydrogen) atoms. The predicted molar refractivity (Wildman–Crippen MR) is 92.1 cm³/mol. The topological polar surface area (TPSA) is 105 Å². The molecule has 140 valence electrons. The van der Waals surface area contributed by atoms with Gasteiger partial charge in [-0.15, -0.1) is 0 Å². The summed E-state index contributed by atoms with van der Waals surface area (Å²) < 4.78 is 11.1. The second-order valence-corrected chi connectivity index (χ2v) is 5.81. The molecule has 1 aromatic rings. The summed E-state index contributed by atoms with van der Waals surface area (Å²) in [7, 11) is 1.45. The highest BCUT2D eigenvalue weighted by Crippen LogP contribution is 2.27. The summed E-state index contributed by atoms with van der Waals surface area (Å²) in [6.07, 6.45) is -0.150. The van der Waals surface area contributed by atoms with Crippen molar-refractivity contribution in [2.45, 2.75) is 31.8 Å². The Bertz CT molecular complexity index is 676. The van der Waals surface area contributed by atoms with Gasteiger partial charge in [-0.25, -0.2) is 9.59 Å². The van der Waals surface area contributed by atoms with Gasteiger partial charge in [-0.05, 0) is 19.1 Å².